The third-order valence-electron chi connectivity index (χ3n) is 4.71. The van der Waals surface area contributed by atoms with Gasteiger partial charge in [0.05, 0.1) is 0 Å². The lowest BCUT2D eigenvalue weighted by Gasteiger charge is -2.16. The van der Waals surface area contributed by atoms with Crippen molar-refractivity contribution < 1.29 is 14.0 Å². The molecule has 1 fully saturated rings. The first-order valence-corrected chi connectivity index (χ1v) is 8.93. The van der Waals surface area contributed by atoms with Crippen molar-refractivity contribution in [3.05, 3.63) is 71.2 Å². The van der Waals surface area contributed by atoms with Crippen molar-refractivity contribution >= 4 is 22.7 Å². The molecule has 2 N–H and O–H groups in total. The number of aromatic amines is 1. The Kier molecular flexibility index (Phi) is 4.39. The van der Waals surface area contributed by atoms with E-state index in [4.69, 9.17) is 0 Å². The van der Waals surface area contributed by atoms with E-state index in [9.17, 15) is 14.0 Å². The molecule has 0 unspecified atom stereocenters. The summed E-state index contributed by atoms with van der Waals surface area (Å²) in [7, 11) is 1.71. The Hall–Kier alpha value is -3.15. The maximum Gasteiger partial charge on any atom is 0.270 e. The topological polar surface area (TPSA) is 65.2 Å². The van der Waals surface area contributed by atoms with Gasteiger partial charge in [0.25, 0.3) is 11.8 Å². The molecule has 5 nitrogen and oxygen atoms in total. The van der Waals surface area contributed by atoms with E-state index in [1.807, 2.05) is 12.1 Å². The third kappa shape index (κ3) is 3.84. The molecule has 1 heterocycles. The molecule has 0 atom stereocenters. The number of amides is 2. The van der Waals surface area contributed by atoms with E-state index in [0.29, 0.717) is 29.2 Å². The van der Waals surface area contributed by atoms with Crippen LogP contribution >= 0.6 is 0 Å². The summed E-state index contributed by atoms with van der Waals surface area (Å²) >= 11 is 0. The van der Waals surface area contributed by atoms with Gasteiger partial charge in [-0.2, -0.15) is 0 Å². The summed E-state index contributed by atoms with van der Waals surface area (Å²) in [4.78, 5) is 29.3. The molecular weight excluding hydrogens is 345 g/mol. The lowest BCUT2D eigenvalue weighted by molar-refractivity contribution is 0.0779. The molecular formula is C21H20FN3O2. The molecule has 1 aromatic heterocycles. The molecule has 0 bridgehead atoms. The van der Waals surface area contributed by atoms with Crippen LogP contribution in [-0.4, -0.2) is 34.8 Å². The number of carbonyl (C=O) groups is 2. The van der Waals surface area contributed by atoms with Gasteiger partial charge in [-0.05, 0) is 54.8 Å². The Labute approximate surface area is 156 Å². The lowest BCUT2D eigenvalue weighted by atomic mass is 10.1. The molecule has 0 saturated heterocycles. The summed E-state index contributed by atoms with van der Waals surface area (Å²) in [6, 6.07) is 13.6. The second kappa shape index (κ2) is 6.87. The average molecular weight is 365 g/mol. The van der Waals surface area contributed by atoms with Crippen molar-refractivity contribution in [3.63, 3.8) is 0 Å². The van der Waals surface area contributed by atoms with Crippen LogP contribution in [0.25, 0.3) is 10.9 Å². The highest BCUT2D eigenvalue weighted by molar-refractivity contribution is 5.98. The number of aromatic nitrogens is 1. The summed E-state index contributed by atoms with van der Waals surface area (Å²) in [5.41, 5.74) is 2.69. The van der Waals surface area contributed by atoms with Crippen molar-refractivity contribution in [1.82, 2.24) is 15.2 Å². The van der Waals surface area contributed by atoms with Gasteiger partial charge in [0.1, 0.15) is 11.5 Å². The number of hydrogen-bond donors (Lipinski definition) is 2. The average Bonchev–Trinajstić information content (AvgIpc) is 3.37. The minimum absolute atomic E-state index is 0.0567. The third-order valence-corrected chi connectivity index (χ3v) is 4.71. The number of rotatable bonds is 5. The molecule has 0 aliphatic heterocycles. The summed E-state index contributed by atoms with van der Waals surface area (Å²) in [6.45, 7) is 0.410. The van der Waals surface area contributed by atoms with Crippen LogP contribution in [0.2, 0.25) is 0 Å². The number of nitrogens with one attached hydrogen (secondary N) is 2. The molecule has 3 aromatic rings. The number of fused-ring (bicyclic) bond motifs is 1. The van der Waals surface area contributed by atoms with E-state index in [2.05, 4.69) is 10.3 Å². The normalized spacial score (nSPS) is 13.6. The van der Waals surface area contributed by atoms with Gasteiger partial charge in [-0.15, -0.1) is 0 Å². The quantitative estimate of drug-likeness (QED) is 0.727. The van der Waals surface area contributed by atoms with Gasteiger partial charge in [0, 0.05) is 36.1 Å². The molecule has 0 spiro atoms. The highest BCUT2D eigenvalue weighted by Crippen LogP contribution is 2.20. The van der Waals surface area contributed by atoms with Crippen molar-refractivity contribution in [2.24, 2.45) is 0 Å². The van der Waals surface area contributed by atoms with E-state index in [0.717, 1.165) is 23.9 Å². The molecule has 2 amide bonds. The van der Waals surface area contributed by atoms with Gasteiger partial charge in [-0.1, -0.05) is 12.1 Å². The Morgan fingerprint density at radius 2 is 1.89 bits per heavy atom. The molecule has 6 heteroatoms. The Morgan fingerprint density at radius 1 is 1.15 bits per heavy atom. The fourth-order valence-corrected chi connectivity index (χ4v) is 3.03. The van der Waals surface area contributed by atoms with Crippen LogP contribution < -0.4 is 5.32 Å². The van der Waals surface area contributed by atoms with Gasteiger partial charge in [0.2, 0.25) is 0 Å². The monoisotopic (exact) mass is 365 g/mol. The predicted octanol–water partition coefficient (Wildman–Crippen LogP) is 3.47. The Morgan fingerprint density at radius 3 is 2.59 bits per heavy atom. The van der Waals surface area contributed by atoms with E-state index in [-0.39, 0.29) is 17.6 Å². The van der Waals surface area contributed by atoms with E-state index < -0.39 is 0 Å². The first-order chi connectivity index (χ1) is 13.0. The number of benzene rings is 2. The minimum atomic E-state index is -0.334. The molecule has 1 aliphatic rings. The first kappa shape index (κ1) is 17.3. The second-order valence-electron chi connectivity index (χ2n) is 7.02. The van der Waals surface area contributed by atoms with Crippen LogP contribution in [0.4, 0.5) is 4.39 Å². The van der Waals surface area contributed by atoms with E-state index in [1.54, 1.807) is 36.2 Å². The van der Waals surface area contributed by atoms with E-state index >= 15 is 0 Å². The predicted molar refractivity (Wildman–Crippen MR) is 101 cm³/mol. The fraction of sp³-hybridized carbons (Fsp3) is 0.238. The molecule has 4 rings (SSSR count). The lowest BCUT2D eigenvalue weighted by Crippen LogP contribution is -2.27. The van der Waals surface area contributed by atoms with Gasteiger partial charge >= 0.3 is 0 Å². The summed E-state index contributed by atoms with van der Waals surface area (Å²) in [6.07, 6.45) is 2.11. The van der Waals surface area contributed by atoms with Gasteiger partial charge in [-0.3, -0.25) is 9.59 Å². The molecule has 2 aromatic carbocycles. The molecule has 0 radical (unpaired) electrons. The second-order valence-corrected chi connectivity index (χ2v) is 7.02. The number of carbonyl (C=O) groups excluding carboxylic acids is 2. The summed E-state index contributed by atoms with van der Waals surface area (Å²) < 4.78 is 13.3. The highest BCUT2D eigenvalue weighted by Gasteiger charge is 2.23. The maximum atomic E-state index is 13.3. The SMILES string of the molecule is CN(Cc1ccc(C(=O)NC2CC2)cc1)C(=O)c1cc2cc(F)ccc2[nH]1. The summed E-state index contributed by atoms with van der Waals surface area (Å²) in [5, 5.41) is 3.62. The fourth-order valence-electron chi connectivity index (χ4n) is 3.03. The zero-order valence-electron chi connectivity index (χ0n) is 15.0. The van der Waals surface area contributed by atoms with Crippen molar-refractivity contribution in [1.29, 1.82) is 0 Å². The molecule has 1 saturated carbocycles. The largest absolute Gasteiger partial charge is 0.351 e. The zero-order chi connectivity index (χ0) is 19.0. The molecule has 27 heavy (non-hydrogen) atoms. The molecule has 1 aliphatic carbocycles. The smallest absolute Gasteiger partial charge is 0.270 e. The highest BCUT2D eigenvalue weighted by atomic mass is 19.1. The van der Waals surface area contributed by atoms with Crippen LogP contribution in [0.3, 0.4) is 0 Å². The first-order valence-electron chi connectivity index (χ1n) is 8.93. The van der Waals surface area contributed by atoms with Gasteiger partial charge in [0.15, 0.2) is 0 Å². The molecule has 138 valence electrons. The van der Waals surface area contributed by atoms with E-state index in [1.165, 1.54) is 12.1 Å². The van der Waals surface area contributed by atoms with Crippen molar-refractivity contribution in [2.75, 3.05) is 7.05 Å². The van der Waals surface area contributed by atoms with Gasteiger partial charge in [-0.25, -0.2) is 4.39 Å². The van der Waals surface area contributed by atoms with Crippen LogP contribution in [-0.2, 0) is 6.54 Å². The zero-order valence-corrected chi connectivity index (χ0v) is 15.0. The van der Waals surface area contributed by atoms with Crippen molar-refractivity contribution in [2.45, 2.75) is 25.4 Å². The number of nitrogens with zero attached hydrogens (tertiary/aromatic N) is 1. The van der Waals surface area contributed by atoms with Crippen LogP contribution in [0.1, 0.15) is 39.3 Å². The Balaban J connectivity index is 1.43. The number of hydrogen-bond acceptors (Lipinski definition) is 2. The van der Waals surface area contributed by atoms with Crippen LogP contribution in [0.5, 0.6) is 0 Å². The van der Waals surface area contributed by atoms with Crippen molar-refractivity contribution in [3.8, 4) is 0 Å². The van der Waals surface area contributed by atoms with Crippen LogP contribution in [0.15, 0.2) is 48.5 Å². The van der Waals surface area contributed by atoms with Gasteiger partial charge < -0.3 is 15.2 Å². The number of halogens is 1. The van der Waals surface area contributed by atoms with Crippen LogP contribution in [0, 0.1) is 5.82 Å². The standard InChI is InChI=1S/C21H20FN3O2/c1-25(21(27)19-11-15-10-16(22)6-9-18(15)24-19)12-13-2-4-14(5-3-13)20(26)23-17-7-8-17/h2-6,9-11,17,24H,7-8,12H2,1H3,(H,23,26). The maximum absolute atomic E-state index is 13.3. The number of H-pyrrole nitrogens is 1. The minimum Gasteiger partial charge on any atom is -0.351 e. The Bertz CT molecular complexity index is 1010. The summed E-state index contributed by atoms with van der Waals surface area (Å²) in [5.74, 6) is -0.569.